The summed E-state index contributed by atoms with van der Waals surface area (Å²) in [7, 11) is 0. The van der Waals surface area contributed by atoms with Crippen molar-refractivity contribution in [2.45, 2.75) is 40.7 Å². The first-order valence-corrected chi connectivity index (χ1v) is 8.28. The highest BCUT2D eigenvalue weighted by atomic mass is 16.1. The average Bonchev–Trinajstić information content (AvgIpc) is 2.54. The molecule has 2 heteroatoms. The van der Waals surface area contributed by atoms with Crippen molar-refractivity contribution in [1.82, 2.24) is 5.32 Å². The van der Waals surface area contributed by atoms with Crippen LogP contribution in [0.25, 0.3) is 11.1 Å². The molecule has 1 N–H and O–H groups in total. The minimum atomic E-state index is 0.159. The fourth-order valence-electron chi connectivity index (χ4n) is 1.89. The van der Waals surface area contributed by atoms with Gasteiger partial charge in [-0.25, -0.2) is 0 Å². The van der Waals surface area contributed by atoms with Crippen molar-refractivity contribution in [3.05, 3.63) is 60.2 Å². The van der Waals surface area contributed by atoms with Gasteiger partial charge in [0.2, 0.25) is 0 Å². The summed E-state index contributed by atoms with van der Waals surface area (Å²) in [5.41, 5.74) is 3.87. The summed E-state index contributed by atoms with van der Waals surface area (Å²) >= 11 is 0. The zero-order valence-corrected chi connectivity index (χ0v) is 15.0. The van der Waals surface area contributed by atoms with Gasteiger partial charge in [-0.15, -0.1) is 0 Å². The summed E-state index contributed by atoms with van der Waals surface area (Å²) in [5, 5.41) is 3.08. The number of hydrogen-bond acceptors (Lipinski definition) is 2. The molecule has 2 nitrogen and oxygen atoms in total. The molecule has 0 aliphatic carbocycles. The van der Waals surface area contributed by atoms with Crippen molar-refractivity contribution in [3.8, 4) is 11.1 Å². The zero-order valence-electron chi connectivity index (χ0n) is 15.0. The monoisotopic (exact) mass is 311 g/mol. The Kier molecular flexibility index (Phi) is 8.28. The predicted octanol–water partition coefficient (Wildman–Crippen LogP) is 4.87. The van der Waals surface area contributed by atoms with E-state index in [9.17, 15) is 4.79 Å². The normalized spacial score (nSPS) is 10.4. The van der Waals surface area contributed by atoms with E-state index < -0.39 is 0 Å². The van der Waals surface area contributed by atoms with Crippen LogP contribution >= 0.6 is 0 Å². The molecule has 124 valence electrons. The van der Waals surface area contributed by atoms with Gasteiger partial charge >= 0.3 is 0 Å². The molecule has 0 radical (unpaired) electrons. The fourth-order valence-corrected chi connectivity index (χ4v) is 1.89. The summed E-state index contributed by atoms with van der Waals surface area (Å²) in [5.74, 6) is 0.444. The van der Waals surface area contributed by atoms with Crippen LogP contribution in [0.1, 0.15) is 33.3 Å². The molecule has 0 fully saturated rings. The van der Waals surface area contributed by atoms with E-state index >= 15 is 0 Å². The molecule has 0 spiro atoms. The highest BCUT2D eigenvalue weighted by Gasteiger charge is 2.06. The first-order chi connectivity index (χ1) is 10.9. The third-order valence-electron chi connectivity index (χ3n) is 3.49. The zero-order chi connectivity index (χ0) is 17.2. The average molecular weight is 311 g/mol. The second-order valence-electron chi connectivity index (χ2n) is 6.39. The lowest BCUT2D eigenvalue weighted by Gasteiger charge is -2.08. The second kappa shape index (κ2) is 9.96. The molecule has 23 heavy (non-hydrogen) atoms. The van der Waals surface area contributed by atoms with Crippen molar-refractivity contribution in [2.75, 3.05) is 6.54 Å². The Morgan fingerprint density at radius 2 is 1.39 bits per heavy atom. The van der Waals surface area contributed by atoms with Gasteiger partial charge in [0.05, 0.1) is 6.54 Å². The highest BCUT2D eigenvalue weighted by Crippen LogP contribution is 2.18. The number of nitrogens with one attached hydrogen (secondary N) is 1. The quantitative estimate of drug-likeness (QED) is 0.853. The first-order valence-electron chi connectivity index (χ1n) is 8.28. The maximum Gasteiger partial charge on any atom is 0.149 e. The lowest BCUT2D eigenvalue weighted by atomic mass is 10.0. The molecule has 0 unspecified atom stereocenters. The second-order valence-corrected chi connectivity index (χ2v) is 6.39. The molecule has 2 aromatic carbocycles. The molecule has 0 bridgehead atoms. The minimum Gasteiger partial charge on any atom is -0.308 e. The van der Waals surface area contributed by atoms with Crippen LogP contribution in [0.4, 0.5) is 0 Å². The number of hydrogen-bond donors (Lipinski definition) is 1. The van der Waals surface area contributed by atoms with Crippen LogP contribution < -0.4 is 5.32 Å². The first kappa shape index (κ1) is 19.1. The third kappa shape index (κ3) is 7.75. The summed E-state index contributed by atoms with van der Waals surface area (Å²) in [4.78, 5) is 11.0. The smallest absolute Gasteiger partial charge is 0.149 e. The van der Waals surface area contributed by atoms with Crippen molar-refractivity contribution >= 4 is 5.78 Å². The van der Waals surface area contributed by atoms with Gasteiger partial charge in [0, 0.05) is 12.0 Å². The van der Waals surface area contributed by atoms with Gasteiger partial charge in [0.25, 0.3) is 0 Å². The molecule has 0 amide bonds. The molecule has 2 rings (SSSR count). The number of aryl methyl sites for hydroxylation is 1. The number of Topliss-reactive ketones (excluding diaryl/α,β-unsaturated/α-hetero) is 1. The standard InChI is InChI=1S/C13H12.C8H17NO/c1-11-7-9-13(10-8-11)12-5-3-2-4-6-12;1-6(2)8(10)5-9-7(3)4/h2-10H,1H3;6-7,9H,5H2,1-4H3. The Morgan fingerprint density at radius 1 is 0.870 bits per heavy atom. The topological polar surface area (TPSA) is 29.1 Å². The van der Waals surface area contributed by atoms with Gasteiger partial charge in [-0.1, -0.05) is 87.9 Å². The Morgan fingerprint density at radius 3 is 1.87 bits per heavy atom. The Labute approximate surface area is 140 Å². The molecular weight excluding hydrogens is 282 g/mol. The summed E-state index contributed by atoms with van der Waals surface area (Å²) in [6.07, 6.45) is 0. The molecule has 0 aliphatic heterocycles. The molecule has 0 atom stereocenters. The van der Waals surface area contributed by atoms with E-state index in [1.807, 2.05) is 33.8 Å². The SMILES string of the molecule is CC(C)NCC(=O)C(C)C.Cc1ccc(-c2ccccc2)cc1. The van der Waals surface area contributed by atoms with E-state index in [2.05, 4.69) is 60.8 Å². The molecule has 0 aliphatic rings. The Balaban J connectivity index is 0.000000241. The van der Waals surface area contributed by atoms with E-state index in [-0.39, 0.29) is 11.7 Å². The van der Waals surface area contributed by atoms with E-state index in [0.29, 0.717) is 12.6 Å². The van der Waals surface area contributed by atoms with Gasteiger partial charge in [0.1, 0.15) is 5.78 Å². The van der Waals surface area contributed by atoms with Crippen LogP contribution in [-0.4, -0.2) is 18.4 Å². The largest absolute Gasteiger partial charge is 0.308 e. The third-order valence-corrected chi connectivity index (χ3v) is 3.49. The molecule has 0 saturated heterocycles. The Hall–Kier alpha value is -1.93. The van der Waals surface area contributed by atoms with Gasteiger partial charge in [-0.05, 0) is 18.1 Å². The maximum atomic E-state index is 11.0. The van der Waals surface area contributed by atoms with Crippen LogP contribution in [-0.2, 0) is 4.79 Å². The van der Waals surface area contributed by atoms with Gasteiger partial charge in [-0.3, -0.25) is 4.79 Å². The van der Waals surface area contributed by atoms with Gasteiger partial charge < -0.3 is 5.32 Å². The molecular formula is C21H29NO. The Bertz CT molecular complexity index is 571. The van der Waals surface area contributed by atoms with Crippen molar-refractivity contribution < 1.29 is 4.79 Å². The predicted molar refractivity (Wildman–Crippen MR) is 99.6 cm³/mol. The van der Waals surface area contributed by atoms with E-state index in [1.54, 1.807) is 0 Å². The number of ketones is 1. The van der Waals surface area contributed by atoms with E-state index in [4.69, 9.17) is 0 Å². The van der Waals surface area contributed by atoms with Crippen molar-refractivity contribution in [1.29, 1.82) is 0 Å². The molecule has 0 saturated carbocycles. The van der Waals surface area contributed by atoms with Gasteiger partial charge in [-0.2, -0.15) is 0 Å². The van der Waals surface area contributed by atoms with Crippen LogP contribution in [0.5, 0.6) is 0 Å². The van der Waals surface area contributed by atoms with Crippen LogP contribution in [0, 0.1) is 12.8 Å². The number of carbonyl (C=O) groups excluding carboxylic acids is 1. The van der Waals surface area contributed by atoms with Crippen molar-refractivity contribution in [2.24, 2.45) is 5.92 Å². The summed E-state index contributed by atoms with van der Waals surface area (Å²) in [6, 6.07) is 19.4. The minimum absolute atomic E-state index is 0.159. The van der Waals surface area contributed by atoms with Crippen LogP contribution in [0.3, 0.4) is 0 Å². The van der Waals surface area contributed by atoms with Crippen LogP contribution in [0.2, 0.25) is 0 Å². The van der Waals surface area contributed by atoms with Gasteiger partial charge in [0.15, 0.2) is 0 Å². The lowest BCUT2D eigenvalue weighted by molar-refractivity contribution is -0.121. The van der Waals surface area contributed by atoms with Crippen LogP contribution in [0.15, 0.2) is 54.6 Å². The summed E-state index contributed by atoms with van der Waals surface area (Å²) in [6.45, 7) is 10.5. The van der Waals surface area contributed by atoms with Crippen molar-refractivity contribution in [3.63, 3.8) is 0 Å². The summed E-state index contributed by atoms with van der Waals surface area (Å²) < 4.78 is 0. The van der Waals surface area contributed by atoms with E-state index in [0.717, 1.165) is 0 Å². The molecule has 0 aromatic heterocycles. The highest BCUT2D eigenvalue weighted by molar-refractivity contribution is 5.82. The maximum absolute atomic E-state index is 11.0. The number of rotatable bonds is 5. The van der Waals surface area contributed by atoms with E-state index in [1.165, 1.54) is 16.7 Å². The number of carbonyl (C=O) groups is 1. The fraction of sp³-hybridized carbons (Fsp3) is 0.381. The molecule has 0 heterocycles. The number of benzene rings is 2. The lowest BCUT2D eigenvalue weighted by Crippen LogP contribution is -2.31. The molecule has 2 aromatic rings.